The third kappa shape index (κ3) is 4.02. The van der Waals surface area contributed by atoms with Gasteiger partial charge in [0.15, 0.2) is 0 Å². The molecule has 1 saturated heterocycles. The van der Waals surface area contributed by atoms with Crippen molar-refractivity contribution >= 4 is 40.5 Å². The molecule has 154 valence electrons. The molecule has 0 unspecified atom stereocenters. The highest BCUT2D eigenvalue weighted by Crippen LogP contribution is 2.24. The van der Waals surface area contributed by atoms with Gasteiger partial charge in [-0.15, -0.1) is 0 Å². The second-order valence-electron chi connectivity index (χ2n) is 7.18. The summed E-state index contributed by atoms with van der Waals surface area (Å²) in [7, 11) is 0. The molecule has 1 fully saturated rings. The summed E-state index contributed by atoms with van der Waals surface area (Å²) < 4.78 is 1.77. The number of aryl methyl sites for hydroxylation is 1. The lowest BCUT2D eigenvalue weighted by molar-refractivity contribution is -0.127. The second kappa shape index (κ2) is 8.16. The average Bonchev–Trinajstić information content (AvgIpc) is 3.21. The molecule has 31 heavy (non-hydrogen) atoms. The van der Waals surface area contributed by atoms with Gasteiger partial charge in [-0.2, -0.15) is 5.26 Å². The van der Waals surface area contributed by atoms with Crippen molar-refractivity contribution in [3.8, 4) is 6.07 Å². The van der Waals surface area contributed by atoms with Gasteiger partial charge in [-0.1, -0.05) is 30.3 Å². The molecule has 0 saturated carbocycles. The minimum Gasteiger partial charge on any atom is -0.333 e. The number of nitriles is 1. The molecule has 0 bridgehead atoms. The minimum absolute atomic E-state index is 0.0771. The lowest BCUT2D eigenvalue weighted by Crippen LogP contribution is -2.38. The number of imide groups is 1. The molecule has 8 nitrogen and oxygen atoms in total. The van der Waals surface area contributed by atoms with Crippen molar-refractivity contribution in [2.75, 3.05) is 11.9 Å². The number of anilines is 1. The molecule has 0 aliphatic carbocycles. The Balaban J connectivity index is 1.55. The van der Waals surface area contributed by atoms with Gasteiger partial charge in [0.25, 0.3) is 5.91 Å². The fraction of sp³-hybridized carbons (Fsp3) is 0.130. The number of nitrogens with one attached hydrogen (secondary N) is 2. The van der Waals surface area contributed by atoms with Crippen LogP contribution in [0, 0.1) is 18.3 Å². The van der Waals surface area contributed by atoms with Crippen molar-refractivity contribution in [3.63, 3.8) is 0 Å². The van der Waals surface area contributed by atoms with Gasteiger partial charge in [0.1, 0.15) is 18.8 Å². The maximum absolute atomic E-state index is 12.8. The Bertz CT molecular complexity index is 1280. The van der Waals surface area contributed by atoms with E-state index in [4.69, 9.17) is 5.26 Å². The van der Waals surface area contributed by atoms with Gasteiger partial charge in [-0.05, 0) is 36.8 Å². The van der Waals surface area contributed by atoms with E-state index in [0.29, 0.717) is 11.3 Å². The normalized spacial score (nSPS) is 14.7. The zero-order valence-electron chi connectivity index (χ0n) is 16.8. The van der Waals surface area contributed by atoms with Crippen molar-refractivity contribution in [2.45, 2.75) is 13.5 Å². The number of aromatic nitrogens is 1. The molecule has 4 rings (SSSR count). The van der Waals surface area contributed by atoms with E-state index in [-0.39, 0.29) is 12.2 Å². The molecule has 8 heteroatoms. The van der Waals surface area contributed by atoms with E-state index in [9.17, 15) is 14.4 Å². The van der Waals surface area contributed by atoms with Crippen molar-refractivity contribution in [2.24, 2.45) is 0 Å². The maximum atomic E-state index is 12.8. The number of amides is 4. The highest BCUT2D eigenvalue weighted by Gasteiger charge is 2.35. The van der Waals surface area contributed by atoms with Crippen molar-refractivity contribution in [1.29, 1.82) is 5.26 Å². The van der Waals surface area contributed by atoms with Crippen LogP contribution < -0.4 is 10.6 Å². The second-order valence-corrected chi connectivity index (χ2v) is 7.18. The van der Waals surface area contributed by atoms with E-state index in [0.717, 1.165) is 21.4 Å². The molecule has 0 atom stereocenters. The summed E-state index contributed by atoms with van der Waals surface area (Å²) in [5.41, 5.74) is 3.20. The number of urea groups is 1. The summed E-state index contributed by atoms with van der Waals surface area (Å²) in [6.07, 6.45) is 3.32. The van der Waals surface area contributed by atoms with Gasteiger partial charge in [-0.25, -0.2) is 9.69 Å². The van der Waals surface area contributed by atoms with Crippen LogP contribution in [0.25, 0.3) is 17.0 Å². The molecule has 2 heterocycles. The first kappa shape index (κ1) is 19.9. The van der Waals surface area contributed by atoms with Gasteiger partial charge in [0.2, 0.25) is 5.91 Å². The Labute approximate surface area is 178 Å². The van der Waals surface area contributed by atoms with Crippen molar-refractivity contribution < 1.29 is 14.4 Å². The zero-order chi connectivity index (χ0) is 22.0. The summed E-state index contributed by atoms with van der Waals surface area (Å²) in [5, 5.41) is 15.1. The van der Waals surface area contributed by atoms with Crippen LogP contribution in [-0.2, 0) is 16.1 Å². The van der Waals surface area contributed by atoms with Gasteiger partial charge in [0.05, 0.1) is 6.07 Å². The van der Waals surface area contributed by atoms with Crippen LogP contribution in [-0.4, -0.2) is 33.9 Å². The van der Waals surface area contributed by atoms with E-state index >= 15 is 0 Å². The summed E-state index contributed by atoms with van der Waals surface area (Å²) >= 11 is 0. The Hall–Kier alpha value is -4.38. The lowest BCUT2D eigenvalue weighted by Gasteiger charge is -2.12. The zero-order valence-corrected chi connectivity index (χ0v) is 16.8. The molecule has 1 aliphatic rings. The highest BCUT2D eigenvalue weighted by molar-refractivity contribution is 6.16. The molecule has 2 aromatic carbocycles. The lowest BCUT2D eigenvalue weighted by atomic mass is 10.1. The van der Waals surface area contributed by atoms with Crippen molar-refractivity contribution in [1.82, 2.24) is 14.8 Å². The molecule has 4 amide bonds. The highest BCUT2D eigenvalue weighted by atomic mass is 16.2. The van der Waals surface area contributed by atoms with Gasteiger partial charge in [-0.3, -0.25) is 9.59 Å². The summed E-state index contributed by atoms with van der Waals surface area (Å²) in [5.74, 6) is -1.05. The third-order valence-electron chi connectivity index (χ3n) is 4.93. The SMILES string of the molecule is Cc1cccc(NC(=O)CN2C(=O)N/C(=C\c3cn(CC#N)c4ccccc34)C2=O)c1. The standard InChI is InChI=1S/C23H19N5O3/c1-15-5-4-6-17(11-15)25-21(29)14-28-22(30)19(26-23(28)31)12-16-13-27(10-9-24)20-8-3-2-7-18(16)20/h2-8,11-13H,10,14H2,1H3,(H,25,29)(H,26,31)/b19-12-. The molecule has 1 aliphatic heterocycles. The van der Waals surface area contributed by atoms with E-state index < -0.39 is 24.4 Å². The van der Waals surface area contributed by atoms with E-state index in [2.05, 4.69) is 16.7 Å². The van der Waals surface area contributed by atoms with Crippen LogP contribution in [0.3, 0.4) is 0 Å². The first-order chi connectivity index (χ1) is 15.0. The van der Waals surface area contributed by atoms with Gasteiger partial charge in [0, 0.05) is 28.4 Å². The topological polar surface area (TPSA) is 107 Å². The molecule has 1 aromatic heterocycles. The van der Waals surface area contributed by atoms with Crippen LogP contribution >= 0.6 is 0 Å². The van der Waals surface area contributed by atoms with Gasteiger partial charge >= 0.3 is 6.03 Å². The number of fused-ring (bicyclic) bond motifs is 1. The van der Waals surface area contributed by atoms with E-state index in [1.54, 1.807) is 29.0 Å². The molecular formula is C23H19N5O3. The van der Waals surface area contributed by atoms with Crippen LogP contribution in [0.5, 0.6) is 0 Å². The van der Waals surface area contributed by atoms with E-state index in [1.807, 2.05) is 43.3 Å². The number of rotatable bonds is 5. The molecular weight excluding hydrogens is 394 g/mol. The third-order valence-corrected chi connectivity index (χ3v) is 4.93. The first-order valence-corrected chi connectivity index (χ1v) is 9.62. The fourth-order valence-corrected chi connectivity index (χ4v) is 3.53. The van der Waals surface area contributed by atoms with Gasteiger partial charge < -0.3 is 15.2 Å². The Kier molecular flexibility index (Phi) is 5.24. The quantitative estimate of drug-likeness (QED) is 0.495. The Morgan fingerprint density at radius 1 is 1.19 bits per heavy atom. The summed E-state index contributed by atoms with van der Waals surface area (Å²) in [6.45, 7) is 1.67. The summed E-state index contributed by atoms with van der Waals surface area (Å²) in [6, 6.07) is 16.2. The first-order valence-electron chi connectivity index (χ1n) is 9.62. The number of nitrogens with zero attached hydrogens (tertiary/aromatic N) is 3. The molecule has 0 spiro atoms. The number of carbonyl (C=O) groups is 3. The van der Waals surface area contributed by atoms with Crippen LogP contribution in [0.2, 0.25) is 0 Å². The molecule has 2 N–H and O–H groups in total. The smallest absolute Gasteiger partial charge is 0.329 e. The van der Waals surface area contributed by atoms with Crippen LogP contribution in [0.15, 0.2) is 60.4 Å². The molecule has 0 radical (unpaired) electrons. The minimum atomic E-state index is -0.656. The maximum Gasteiger partial charge on any atom is 0.329 e. The number of carbonyl (C=O) groups excluding carboxylic acids is 3. The largest absolute Gasteiger partial charge is 0.333 e. The predicted octanol–water partition coefficient (Wildman–Crippen LogP) is 3.00. The Morgan fingerprint density at radius 3 is 2.77 bits per heavy atom. The summed E-state index contributed by atoms with van der Waals surface area (Å²) in [4.78, 5) is 38.3. The number of benzene rings is 2. The van der Waals surface area contributed by atoms with Crippen LogP contribution in [0.4, 0.5) is 10.5 Å². The number of hydrogen-bond donors (Lipinski definition) is 2. The predicted molar refractivity (Wildman–Crippen MR) is 116 cm³/mol. The Morgan fingerprint density at radius 2 is 2.00 bits per heavy atom. The molecule has 3 aromatic rings. The monoisotopic (exact) mass is 413 g/mol. The number of para-hydroxylation sites is 1. The van der Waals surface area contributed by atoms with Crippen molar-refractivity contribution in [3.05, 3.63) is 71.6 Å². The number of hydrogen-bond acceptors (Lipinski definition) is 4. The average molecular weight is 413 g/mol. The van der Waals surface area contributed by atoms with Crippen LogP contribution in [0.1, 0.15) is 11.1 Å². The fourth-order valence-electron chi connectivity index (χ4n) is 3.53. The van der Waals surface area contributed by atoms with E-state index in [1.165, 1.54) is 0 Å².